The van der Waals surface area contributed by atoms with Crippen LogP contribution in [0.3, 0.4) is 0 Å². The highest BCUT2D eigenvalue weighted by atomic mass is 16.3. The van der Waals surface area contributed by atoms with Gasteiger partial charge in [-0.15, -0.1) is 0 Å². The number of nitrogen functional groups attached to an aromatic ring is 1. The highest BCUT2D eigenvalue weighted by molar-refractivity contribution is 6.07. The fraction of sp³-hybridized carbons (Fsp3) is 0.133. The molecule has 0 saturated heterocycles. The van der Waals surface area contributed by atoms with E-state index in [4.69, 9.17) is 5.73 Å². The Morgan fingerprint density at radius 1 is 1.11 bits per heavy atom. The van der Waals surface area contributed by atoms with Gasteiger partial charge in [0.15, 0.2) is 0 Å². The highest BCUT2D eigenvalue weighted by Crippen LogP contribution is 2.23. The van der Waals surface area contributed by atoms with Gasteiger partial charge in [-0.2, -0.15) is 0 Å². The minimum atomic E-state index is -0.380. The molecule has 2 aromatic rings. The minimum absolute atomic E-state index is 0.0382. The Hall–Kier alpha value is -2.49. The predicted octanol–water partition coefficient (Wildman–Crippen LogP) is 2.84. The van der Waals surface area contributed by atoms with Gasteiger partial charge >= 0.3 is 0 Å². The van der Waals surface area contributed by atoms with Gasteiger partial charge in [0, 0.05) is 0 Å². The van der Waals surface area contributed by atoms with Crippen LogP contribution in [0.5, 0.6) is 5.75 Å². The molecule has 0 spiro atoms. The third-order valence-corrected chi connectivity index (χ3v) is 2.85. The van der Waals surface area contributed by atoms with Gasteiger partial charge < -0.3 is 16.2 Å². The number of anilines is 2. The SMILES string of the molecule is Cc1ccc(C(=O)Nc2cc(C)ccc2N)c(O)c1. The Morgan fingerprint density at radius 3 is 2.42 bits per heavy atom. The van der Waals surface area contributed by atoms with Crippen LogP contribution in [0.15, 0.2) is 36.4 Å². The summed E-state index contributed by atoms with van der Waals surface area (Å²) < 4.78 is 0. The molecule has 1 amide bonds. The zero-order valence-corrected chi connectivity index (χ0v) is 10.9. The largest absolute Gasteiger partial charge is 0.507 e. The smallest absolute Gasteiger partial charge is 0.259 e. The topological polar surface area (TPSA) is 75.4 Å². The molecule has 0 aromatic heterocycles. The first kappa shape index (κ1) is 13.0. The van der Waals surface area contributed by atoms with E-state index in [1.165, 1.54) is 0 Å². The van der Waals surface area contributed by atoms with Crippen LogP contribution in [0.4, 0.5) is 11.4 Å². The van der Waals surface area contributed by atoms with Crippen LogP contribution in [0, 0.1) is 13.8 Å². The Bertz CT molecular complexity index is 636. The Balaban J connectivity index is 2.28. The molecule has 0 atom stereocenters. The molecule has 2 rings (SSSR count). The van der Waals surface area contributed by atoms with E-state index in [0.29, 0.717) is 11.4 Å². The van der Waals surface area contributed by atoms with Crippen molar-refractivity contribution in [2.75, 3.05) is 11.1 Å². The fourth-order valence-corrected chi connectivity index (χ4v) is 1.80. The van der Waals surface area contributed by atoms with E-state index < -0.39 is 0 Å². The van der Waals surface area contributed by atoms with Crippen LogP contribution in [0.25, 0.3) is 0 Å². The monoisotopic (exact) mass is 256 g/mol. The summed E-state index contributed by atoms with van der Waals surface area (Å²) in [7, 11) is 0. The molecule has 4 heteroatoms. The molecular formula is C15H16N2O2. The van der Waals surface area contributed by atoms with Crippen molar-refractivity contribution in [1.29, 1.82) is 0 Å². The second-order valence-corrected chi connectivity index (χ2v) is 4.57. The van der Waals surface area contributed by atoms with E-state index in [1.807, 2.05) is 19.9 Å². The minimum Gasteiger partial charge on any atom is -0.507 e. The van der Waals surface area contributed by atoms with Crippen molar-refractivity contribution in [1.82, 2.24) is 0 Å². The van der Waals surface area contributed by atoms with Gasteiger partial charge in [-0.25, -0.2) is 0 Å². The van der Waals surface area contributed by atoms with E-state index in [2.05, 4.69) is 5.32 Å². The molecule has 0 aliphatic heterocycles. The summed E-state index contributed by atoms with van der Waals surface area (Å²) in [6.07, 6.45) is 0. The number of phenols is 1. The van der Waals surface area contributed by atoms with E-state index in [-0.39, 0.29) is 17.2 Å². The zero-order chi connectivity index (χ0) is 14.0. The zero-order valence-electron chi connectivity index (χ0n) is 10.9. The lowest BCUT2D eigenvalue weighted by molar-refractivity contribution is 0.102. The highest BCUT2D eigenvalue weighted by Gasteiger charge is 2.12. The number of carbonyl (C=O) groups excluding carboxylic acids is 1. The van der Waals surface area contributed by atoms with Crippen molar-refractivity contribution in [2.24, 2.45) is 0 Å². The molecule has 2 aromatic carbocycles. The molecule has 0 saturated carbocycles. The summed E-state index contributed by atoms with van der Waals surface area (Å²) in [6, 6.07) is 10.3. The third kappa shape index (κ3) is 2.85. The molecule has 19 heavy (non-hydrogen) atoms. The Kier molecular flexibility index (Phi) is 3.42. The number of aromatic hydroxyl groups is 1. The van der Waals surface area contributed by atoms with Crippen molar-refractivity contribution in [3.05, 3.63) is 53.1 Å². The van der Waals surface area contributed by atoms with E-state index >= 15 is 0 Å². The summed E-state index contributed by atoms with van der Waals surface area (Å²) in [4.78, 5) is 12.1. The van der Waals surface area contributed by atoms with Crippen molar-refractivity contribution >= 4 is 17.3 Å². The lowest BCUT2D eigenvalue weighted by atomic mass is 10.1. The van der Waals surface area contributed by atoms with Gasteiger partial charge in [0.05, 0.1) is 16.9 Å². The van der Waals surface area contributed by atoms with Crippen LogP contribution in [-0.4, -0.2) is 11.0 Å². The van der Waals surface area contributed by atoms with E-state index in [9.17, 15) is 9.90 Å². The molecule has 98 valence electrons. The Morgan fingerprint density at radius 2 is 1.74 bits per heavy atom. The first-order chi connectivity index (χ1) is 8.97. The summed E-state index contributed by atoms with van der Waals surface area (Å²) in [5.41, 5.74) is 8.96. The fourth-order valence-electron chi connectivity index (χ4n) is 1.80. The van der Waals surface area contributed by atoms with Crippen molar-refractivity contribution in [3.8, 4) is 5.75 Å². The molecule has 0 fully saturated rings. The second kappa shape index (κ2) is 5.02. The Labute approximate surface area is 111 Å². The second-order valence-electron chi connectivity index (χ2n) is 4.57. The van der Waals surface area contributed by atoms with Gasteiger partial charge in [0.2, 0.25) is 0 Å². The number of hydrogen-bond donors (Lipinski definition) is 3. The molecule has 0 heterocycles. The number of aryl methyl sites for hydroxylation is 2. The van der Waals surface area contributed by atoms with Crippen molar-refractivity contribution in [2.45, 2.75) is 13.8 Å². The van der Waals surface area contributed by atoms with Crippen LogP contribution < -0.4 is 11.1 Å². The number of phenolic OH excluding ortho intramolecular Hbond substituents is 1. The maximum absolute atomic E-state index is 12.1. The molecule has 0 aliphatic carbocycles. The maximum atomic E-state index is 12.1. The molecular weight excluding hydrogens is 240 g/mol. The number of benzene rings is 2. The molecule has 4 N–H and O–H groups in total. The number of nitrogens with one attached hydrogen (secondary N) is 1. The van der Waals surface area contributed by atoms with Gasteiger partial charge in [0.25, 0.3) is 5.91 Å². The lowest BCUT2D eigenvalue weighted by Crippen LogP contribution is -2.13. The van der Waals surface area contributed by atoms with Gasteiger partial charge in [-0.3, -0.25) is 4.79 Å². The van der Waals surface area contributed by atoms with E-state index in [1.54, 1.807) is 30.3 Å². The van der Waals surface area contributed by atoms with Crippen molar-refractivity contribution < 1.29 is 9.90 Å². The number of nitrogens with two attached hydrogens (primary N) is 1. The van der Waals surface area contributed by atoms with Crippen LogP contribution in [0.2, 0.25) is 0 Å². The molecule has 4 nitrogen and oxygen atoms in total. The lowest BCUT2D eigenvalue weighted by Gasteiger charge is -2.10. The maximum Gasteiger partial charge on any atom is 0.259 e. The normalized spacial score (nSPS) is 10.2. The predicted molar refractivity (Wildman–Crippen MR) is 76.4 cm³/mol. The molecule has 0 unspecified atom stereocenters. The average molecular weight is 256 g/mol. The summed E-state index contributed by atoms with van der Waals surface area (Å²) in [6.45, 7) is 3.76. The standard InChI is InChI=1S/C15H16N2O2/c1-9-4-6-12(16)13(7-9)17-15(19)11-5-3-10(2)8-14(11)18/h3-8,18H,16H2,1-2H3,(H,17,19). The molecule has 0 bridgehead atoms. The molecule has 0 aliphatic rings. The van der Waals surface area contributed by atoms with Gasteiger partial charge in [-0.05, 0) is 49.2 Å². The molecule has 0 radical (unpaired) electrons. The van der Waals surface area contributed by atoms with Crippen molar-refractivity contribution in [3.63, 3.8) is 0 Å². The average Bonchev–Trinajstić information content (AvgIpc) is 2.33. The van der Waals surface area contributed by atoms with Crippen LogP contribution in [-0.2, 0) is 0 Å². The van der Waals surface area contributed by atoms with Crippen LogP contribution in [0.1, 0.15) is 21.5 Å². The number of hydrogen-bond acceptors (Lipinski definition) is 3. The quantitative estimate of drug-likeness (QED) is 0.723. The summed E-state index contributed by atoms with van der Waals surface area (Å²) in [5, 5.41) is 12.5. The number of rotatable bonds is 2. The summed E-state index contributed by atoms with van der Waals surface area (Å²) in [5.74, 6) is -0.418. The van der Waals surface area contributed by atoms with Gasteiger partial charge in [-0.1, -0.05) is 12.1 Å². The van der Waals surface area contributed by atoms with Crippen LogP contribution >= 0.6 is 0 Å². The van der Waals surface area contributed by atoms with Gasteiger partial charge in [0.1, 0.15) is 5.75 Å². The first-order valence-electron chi connectivity index (χ1n) is 5.94. The van der Waals surface area contributed by atoms with E-state index in [0.717, 1.165) is 11.1 Å². The number of carbonyl (C=O) groups is 1. The number of amides is 1. The first-order valence-corrected chi connectivity index (χ1v) is 5.94. The summed E-state index contributed by atoms with van der Waals surface area (Å²) >= 11 is 0. The third-order valence-electron chi connectivity index (χ3n) is 2.85.